The Morgan fingerprint density at radius 1 is 0.308 bits per heavy atom. The van der Waals surface area contributed by atoms with Crippen LogP contribution in [0.5, 0.6) is 17.2 Å². The van der Waals surface area contributed by atoms with Crippen molar-refractivity contribution in [2.75, 3.05) is 39.6 Å². The maximum Gasteiger partial charge on any atom is 0.119 e. The molecule has 7 aromatic rings. The zero-order chi connectivity index (χ0) is 45.3. The first-order valence-electron chi connectivity index (χ1n) is 23.3. The van der Waals surface area contributed by atoms with Gasteiger partial charge in [-0.25, -0.2) is 0 Å². The van der Waals surface area contributed by atoms with E-state index in [0.29, 0.717) is 38.1 Å². The van der Waals surface area contributed by atoms with Gasteiger partial charge in [-0.1, -0.05) is 179 Å². The molecule has 0 aromatic heterocycles. The Labute approximate surface area is 388 Å². The van der Waals surface area contributed by atoms with Crippen LogP contribution in [0.2, 0.25) is 0 Å². The fourth-order valence-electron chi connectivity index (χ4n) is 6.34. The number of hydrogen-bond acceptors (Lipinski definition) is 6. The summed E-state index contributed by atoms with van der Waals surface area (Å²) in [5, 5.41) is 0. The number of rotatable bonds is 15. The Morgan fingerprint density at radius 3 is 0.677 bits per heavy atom. The summed E-state index contributed by atoms with van der Waals surface area (Å²) in [5.41, 5.74) is 10.8. The molecule has 0 saturated carbocycles. The Hall–Kier alpha value is -6.18. The third-order valence-electron chi connectivity index (χ3n) is 10.9. The summed E-state index contributed by atoms with van der Waals surface area (Å²) in [6.07, 6.45) is 5.45. The molecule has 0 bridgehead atoms. The molecule has 3 fully saturated rings. The zero-order valence-corrected chi connectivity index (χ0v) is 38.7. The van der Waals surface area contributed by atoms with Crippen molar-refractivity contribution in [3.63, 3.8) is 0 Å². The van der Waals surface area contributed by atoms with Gasteiger partial charge in [-0.15, -0.1) is 0 Å². The van der Waals surface area contributed by atoms with Crippen molar-refractivity contribution < 1.29 is 28.4 Å². The minimum atomic E-state index is 0.343. The monoisotopic (exact) mass is 870 g/mol. The molecule has 0 amide bonds. The van der Waals surface area contributed by atoms with E-state index in [4.69, 9.17) is 28.4 Å². The average Bonchev–Trinajstić information content (AvgIpc) is 4.23. The standard InChI is InChI=1S/2C16H18.3C9H10O2/c2*1-3-13-5-9-15(10-6-13)16-11-7-14(4-2)8-12-16;3*1-2-4-8(5-3-1)10-6-9-7-11-9/h2*5-12H,3-4H2,1-2H3;3*1-5,9H,6-7H2. The summed E-state index contributed by atoms with van der Waals surface area (Å²) in [5.74, 6) is 2.76. The molecule has 65 heavy (non-hydrogen) atoms. The number of ether oxygens (including phenoxy) is 6. The van der Waals surface area contributed by atoms with E-state index in [1.807, 2.05) is 91.0 Å². The van der Waals surface area contributed by atoms with Gasteiger partial charge in [0.05, 0.1) is 19.8 Å². The first-order valence-corrected chi connectivity index (χ1v) is 23.3. The molecular formula is C59H66O6. The van der Waals surface area contributed by atoms with E-state index >= 15 is 0 Å². The van der Waals surface area contributed by atoms with Crippen LogP contribution >= 0.6 is 0 Å². The number of aryl methyl sites for hydroxylation is 4. The van der Waals surface area contributed by atoms with E-state index in [0.717, 1.165) is 62.8 Å². The van der Waals surface area contributed by atoms with Gasteiger partial charge in [0.2, 0.25) is 0 Å². The number of epoxide rings is 3. The Morgan fingerprint density at radius 2 is 0.508 bits per heavy atom. The van der Waals surface area contributed by atoms with E-state index < -0.39 is 0 Å². The maximum absolute atomic E-state index is 5.40. The number of hydrogen-bond donors (Lipinski definition) is 0. The second-order valence-corrected chi connectivity index (χ2v) is 15.9. The van der Waals surface area contributed by atoms with Crippen LogP contribution in [-0.2, 0) is 39.9 Å². The molecule has 3 aliphatic rings. The van der Waals surface area contributed by atoms with Gasteiger partial charge in [0.25, 0.3) is 0 Å². The molecule has 3 aliphatic heterocycles. The molecule has 10 rings (SSSR count). The highest BCUT2D eigenvalue weighted by Crippen LogP contribution is 2.22. The fraction of sp³-hybridized carbons (Fsp3) is 0.288. The molecule has 3 atom stereocenters. The summed E-state index contributed by atoms with van der Waals surface area (Å²) in [7, 11) is 0. The minimum absolute atomic E-state index is 0.343. The molecule has 0 radical (unpaired) electrons. The van der Waals surface area contributed by atoms with Crippen molar-refractivity contribution in [3.8, 4) is 39.5 Å². The summed E-state index contributed by atoms with van der Waals surface area (Å²) >= 11 is 0. The predicted octanol–water partition coefficient (Wildman–Crippen LogP) is 13.3. The van der Waals surface area contributed by atoms with Crippen molar-refractivity contribution in [2.24, 2.45) is 0 Å². The Balaban J connectivity index is 0.000000136. The lowest BCUT2D eigenvalue weighted by Gasteiger charge is -2.04. The van der Waals surface area contributed by atoms with Gasteiger partial charge in [0.1, 0.15) is 55.4 Å². The van der Waals surface area contributed by atoms with Crippen LogP contribution in [-0.4, -0.2) is 58.0 Å². The van der Waals surface area contributed by atoms with Gasteiger partial charge < -0.3 is 28.4 Å². The van der Waals surface area contributed by atoms with Crippen molar-refractivity contribution in [3.05, 3.63) is 210 Å². The molecule has 3 heterocycles. The average molecular weight is 871 g/mol. The Kier molecular flexibility index (Phi) is 20.2. The van der Waals surface area contributed by atoms with Crippen LogP contribution < -0.4 is 14.2 Å². The molecule has 0 aliphatic carbocycles. The number of para-hydroxylation sites is 3. The first kappa shape index (κ1) is 48.3. The maximum atomic E-state index is 5.40. The van der Waals surface area contributed by atoms with Gasteiger partial charge >= 0.3 is 0 Å². The second-order valence-electron chi connectivity index (χ2n) is 15.9. The second kappa shape index (κ2) is 27.2. The summed E-state index contributed by atoms with van der Waals surface area (Å²) in [6.45, 7) is 13.4. The van der Waals surface area contributed by atoms with E-state index in [-0.39, 0.29) is 0 Å². The first-order chi connectivity index (χ1) is 32.0. The van der Waals surface area contributed by atoms with E-state index in [1.165, 1.54) is 44.5 Å². The van der Waals surface area contributed by atoms with Gasteiger partial charge in [0.15, 0.2) is 0 Å². The molecule has 3 unspecified atom stereocenters. The van der Waals surface area contributed by atoms with Gasteiger partial charge in [-0.3, -0.25) is 0 Å². The predicted molar refractivity (Wildman–Crippen MR) is 266 cm³/mol. The summed E-state index contributed by atoms with van der Waals surface area (Å²) in [4.78, 5) is 0. The molecule has 6 heteroatoms. The van der Waals surface area contributed by atoms with Crippen LogP contribution in [0, 0.1) is 0 Å². The highest BCUT2D eigenvalue weighted by molar-refractivity contribution is 5.65. The zero-order valence-electron chi connectivity index (χ0n) is 38.7. The highest BCUT2D eigenvalue weighted by Gasteiger charge is 2.24. The molecule has 6 nitrogen and oxygen atoms in total. The third kappa shape index (κ3) is 18.8. The normalized spacial score (nSPS) is 15.9. The third-order valence-corrected chi connectivity index (χ3v) is 10.9. The summed E-state index contributed by atoms with van der Waals surface area (Å²) < 4.78 is 31.2. The van der Waals surface area contributed by atoms with E-state index in [9.17, 15) is 0 Å². The summed E-state index contributed by atoms with van der Waals surface area (Å²) in [6, 6.07) is 64.7. The smallest absolute Gasteiger partial charge is 0.119 e. The topological polar surface area (TPSA) is 65.3 Å². The molecule has 338 valence electrons. The molecule has 7 aromatic carbocycles. The van der Waals surface area contributed by atoms with Gasteiger partial charge in [-0.05, 0) is 107 Å². The number of benzene rings is 7. The molecule has 0 spiro atoms. The van der Waals surface area contributed by atoms with Crippen LogP contribution in [0.25, 0.3) is 22.3 Å². The van der Waals surface area contributed by atoms with Crippen LogP contribution in [0.15, 0.2) is 188 Å². The van der Waals surface area contributed by atoms with Crippen LogP contribution in [0.4, 0.5) is 0 Å². The SMILES string of the molecule is CCc1ccc(-c2ccc(CC)cc2)cc1.CCc1ccc(-c2ccc(CC)cc2)cc1.c1ccc(OCC2CO2)cc1.c1ccc(OCC2CO2)cc1.c1ccc(OCC2CO2)cc1. The molecular weight excluding hydrogens is 805 g/mol. The van der Waals surface area contributed by atoms with Crippen molar-refractivity contribution in [1.29, 1.82) is 0 Å². The van der Waals surface area contributed by atoms with E-state index in [2.05, 4.69) is 125 Å². The Bertz CT molecular complexity index is 1980. The van der Waals surface area contributed by atoms with Gasteiger partial charge in [0, 0.05) is 0 Å². The fourth-order valence-corrected chi connectivity index (χ4v) is 6.34. The highest BCUT2D eigenvalue weighted by atomic mass is 16.6. The lowest BCUT2D eigenvalue weighted by molar-refractivity contribution is 0.263. The quantitative estimate of drug-likeness (QED) is 0.0957. The van der Waals surface area contributed by atoms with Gasteiger partial charge in [-0.2, -0.15) is 0 Å². The van der Waals surface area contributed by atoms with E-state index in [1.54, 1.807) is 0 Å². The molecule has 0 N–H and O–H groups in total. The van der Waals surface area contributed by atoms with Crippen molar-refractivity contribution in [2.45, 2.75) is 71.7 Å². The molecule has 3 saturated heterocycles. The van der Waals surface area contributed by atoms with Crippen molar-refractivity contribution in [1.82, 2.24) is 0 Å². The van der Waals surface area contributed by atoms with Crippen molar-refractivity contribution >= 4 is 0 Å². The lowest BCUT2D eigenvalue weighted by atomic mass is 10.0. The lowest BCUT2D eigenvalue weighted by Crippen LogP contribution is -2.03. The van der Waals surface area contributed by atoms with Crippen LogP contribution in [0.3, 0.4) is 0 Å². The van der Waals surface area contributed by atoms with Crippen LogP contribution in [0.1, 0.15) is 49.9 Å². The minimum Gasteiger partial charge on any atom is -0.491 e. The largest absolute Gasteiger partial charge is 0.491 e.